The van der Waals surface area contributed by atoms with Gasteiger partial charge in [-0.25, -0.2) is 4.79 Å². The number of hydrogen-bond donors (Lipinski definition) is 1. The molecule has 0 atom stereocenters. The Hall–Kier alpha value is -1.85. The molecule has 0 aliphatic rings. The fraction of sp³-hybridized carbons (Fsp3) is 0.421. The molecule has 1 aromatic heterocycles. The first-order valence-electron chi connectivity index (χ1n) is 8.11. The lowest BCUT2D eigenvalue weighted by Gasteiger charge is -2.13. The maximum atomic E-state index is 11.2. The van der Waals surface area contributed by atoms with E-state index < -0.39 is 0 Å². The number of methoxy groups -OCH3 is 1. The van der Waals surface area contributed by atoms with Crippen LogP contribution in [0.2, 0.25) is 0 Å². The average Bonchev–Trinajstić information content (AvgIpc) is 3.01. The van der Waals surface area contributed by atoms with Crippen LogP contribution in [-0.2, 0) is 29.0 Å². The molecule has 0 saturated carbocycles. The Kier molecular flexibility index (Phi) is 6.82. The zero-order valence-corrected chi connectivity index (χ0v) is 15.6. The molecule has 0 unspecified atom stereocenters. The molecule has 0 aliphatic heterocycles. The van der Waals surface area contributed by atoms with Crippen LogP contribution in [0.25, 0.3) is 0 Å². The van der Waals surface area contributed by atoms with Gasteiger partial charge < -0.3 is 14.8 Å². The number of nitrogens with one attached hydrogen (secondary N) is 1. The molecule has 1 heterocycles. The smallest absolute Gasteiger partial charge is 0.343 e. The summed E-state index contributed by atoms with van der Waals surface area (Å²) in [6.07, 6.45) is 1.09. The normalized spacial score (nSPS) is 10.7. The maximum absolute atomic E-state index is 11.2. The Bertz CT molecular complexity index is 671. The van der Waals surface area contributed by atoms with Crippen LogP contribution in [0.15, 0.2) is 24.3 Å². The number of aryl methyl sites for hydroxylation is 3. The molecule has 4 nitrogen and oxygen atoms in total. The molecule has 1 N–H and O–H groups in total. The summed E-state index contributed by atoms with van der Waals surface area (Å²) in [5.41, 5.74) is 3.27. The van der Waals surface area contributed by atoms with Gasteiger partial charge in [0.15, 0.2) is 6.61 Å². The van der Waals surface area contributed by atoms with E-state index in [1.807, 2.05) is 25.2 Å². The largest absolute Gasteiger partial charge is 0.481 e. The average molecular weight is 347 g/mol. The molecule has 0 radical (unpaired) electrons. The lowest BCUT2D eigenvalue weighted by Crippen LogP contribution is -2.15. The highest BCUT2D eigenvalue weighted by Gasteiger charge is 2.09. The van der Waals surface area contributed by atoms with Crippen LogP contribution in [0.1, 0.15) is 33.4 Å². The highest BCUT2D eigenvalue weighted by molar-refractivity contribution is 7.11. The first-order valence-corrected chi connectivity index (χ1v) is 8.93. The lowest BCUT2D eigenvalue weighted by atomic mass is 10.1. The molecule has 0 saturated heterocycles. The Morgan fingerprint density at radius 2 is 1.79 bits per heavy atom. The van der Waals surface area contributed by atoms with E-state index in [0.29, 0.717) is 0 Å². The van der Waals surface area contributed by atoms with Crippen LogP contribution < -0.4 is 10.1 Å². The third-order valence-electron chi connectivity index (χ3n) is 3.78. The number of hydrogen-bond acceptors (Lipinski definition) is 5. The fourth-order valence-corrected chi connectivity index (χ4v) is 3.52. The van der Waals surface area contributed by atoms with Crippen molar-refractivity contribution >= 4 is 17.3 Å². The second kappa shape index (κ2) is 8.85. The van der Waals surface area contributed by atoms with Crippen LogP contribution >= 0.6 is 11.3 Å². The summed E-state index contributed by atoms with van der Waals surface area (Å²) >= 11 is 1.86. The van der Waals surface area contributed by atoms with Crippen molar-refractivity contribution in [3.63, 3.8) is 0 Å². The van der Waals surface area contributed by atoms with Crippen molar-refractivity contribution in [1.29, 1.82) is 0 Å². The molecule has 5 heteroatoms. The van der Waals surface area contributed by atoms with Crippen molar-refractivity contribution in [2.75, 3.05) is 13.7 Å². The van der Waals surface area contributed by atoms with E-state index in [-0.39, 0.29) is 12.6 Å². The molecule has 0 bridgehead atoms. The first-order chi connectivity index (χ1) is 11.5. The number of ether oxygens (including phenoxy) is 2. The Morgan fingerprint density at radius 1 is 1.12 bits per heavy atom. The van der Waals surface area contributed by atoms with E-state index in [1.165, 1.54) is 22.4 Å². The number of thiophene rings is 1. The fourth-order valence-electron chi connectivity index (χ4n) is 2.60. The first kappa shape index (κ1) is 18.5. The highest BCUT2D eigenvalue weighted by atomic mass is 32.1. The summed E-state index contributed by atoms with van der Waals surface area (Å²) in [5.74, 6) is 0.386. The molecule has 2 rings (SSSR count). The molecule has 2 aromatic rings. The molecule has 0 aliphatic carbocycles. The van der Waals surface area contributed by atoms with Crippen LogP contribution in [0.4, 0.5) is 0 Å². The third-order valence-corrected chi connectivity index (χ3v) is 5.01. The summed E-state index contributed by atoms with van der Waals surface area (Å²) in [4.78, 5) is 14.0. The van der Waals surface area contributed by atoms with Gasteiger partial charge in [-0.15, -0.1) is 11.3 Å². The summed E-state index contributed by atoms with van der Waals surface area (Å²) in [5, 5.41) is 3.48. The minimum Gasteiger partial charge on any atom is -0.481 e. The third kappa shape index (κ3) is 5.08. The standard InChI is InChI=1S/C19H25NO3S/c1-5-16-6-7-17(24-16)11-20-10-15-8-13(2)19(14(3)9-15)23-12-18(21)22-4/h6-9,20H,5,10-12H2,1-4H3. The number of carbonyl (C=O) groups excluding carboxylic acids is 1. The zero-order valence-electron chi connectivity index (χ0n) is 14.8. The highest BCUT2D eigenvalue weighted by Crippen LogP contribution is 2.25. The zero-order chi connectivity index (χ0) is 17.5. The van der Waals surface area contributed by atoms with Crippen molar-refractivity contribution < 1.29 is 14.3 Å². The molecule has 0 amide bonds. The topological polar surface area (TPSA) is 47.6 Å². The Balaban J connectivity index is 1.92. The van der Waals surface area contributed by atoms with Gasteiger partial charge in [0.25, 0.3) is 0 Å². The second-order valence-corrected chi connectivity index (χ2v) is 7.00. The molecular formula is C19H25NO3S. The van der Waals surface area contributed by atoms with Crippen molar-refractivity contribution in [1.82, 2.24) is 5.32 Å². The quantitative estimate of drug-likeness (QED) is 0.739. The van der Waals surface area contributed by atoms with Gasteiger partial charge >= 0.3 is 5.97 Å². The van der Waals surface area contributed by atoms with Crippen LogP contribution in [0, 0.1) is 13.8 Å². The molecular weight excluding hydrogens is 322 g/mol. The molecule has 130 valence electrons. The minimum atomic E-state index is -0.373. The maximum Gasteiger partial charge on any atom is 0.343 e. The Morgan fingerprint density at radius 3 is 2.38 bits per heavy atom. The van der Waals surface area contributed by atoms with E-state index in [2.05, 4.69) is 41.2 Å². The van der Waals surface area contributed by atoms with Gasteiger partial charge in [0.1, 0.15) is 5.75 Å². The van der Waals surface area contributed by atoms with Crippen molar-refractivity contribution in [3.8, 4) is 5.75 Å². The van der Waals surface area contributed by atoms with E-state index in [1.54, 1.807) is 0 Å². The number of rotatable bonds is 8. The van der Waals surface area contributed by atoms with Gasteiger partial charge in [-0.3, -0.25) is 0 Å². The van der Waals surface area contributed by atoms with Gasteiger partial charge in [-0.05, 0) is 49.1 Å². The minimum absolute atomic E-state index is 0.0616. The van der Waals surface area contributed by atoms with Gasteiger partial charge in [-0.2, -0.15) is 0 Å². The van der Waals surface area contributed by atoms with E-state index in [0.717, 1.165) is 36.4 Å². The predicted molar refractivity (Wildman–Crippen MR) is 97.7 cm³/mol. The van der Waals surface area contributed by atoms with Gasteiger partial charge in [0, 0.05) is 22.8 Å². The summed E-state index contributed by atoms with van der Waals surface area (Å²) in [7, 11) is 1.36. The van der Waals surface area contributed by atoms with E-state index >= 15 is 0 Å². The van der Waals surface area contributed by atoms with Crippen LogP contribution in [0.3, 0.4) is 0 Å². The number of esters is 1. The van der Waals surface area contributed by atoms with E-state index in [4.69, 9.17) is 4.74 Å². The second-order valence-electron chi connectivity index (χ2n) is 5.75. The molecule has 0 spiro atoms. The van der Waals surface area contributed by atoms with Crippen molar-refractivity contribution in [2.24, 2.45) is 0 Å². The van der Waals surface area contributed by atoms with Crippen LogP contribution in [-0.4, -0.2) is 19.7 Å². The monoisotopic (exact) mass is 347 g/mol. The van der Waals surface area contributed by atoms with Crippen LogP contribution in [0.5, 0.6) is 5.75 Å². The molecule has 1 aromatic carbocycles. The van der Waals surface area contributed by atoms with Crippen molar-refractivity contribution in [3.05, 3.63) is 50.7 Å². The molecule has 0 fully saturated rings. The number of carbonyl (C=O) groups is 1. The molecule has 24 heavy (non-hydrogen) atoms. The van der Waals surface area contributed by atoms with Gasteiger partial charge in [-0.1, -0.05) is 19.1 Å². The summed E-state index contributed by atoms with van der Waals surface area (Å²) < 4.78 is 10.2. The van der Waals surface area contributed by atoms with Gasteiger partial charge in [0.05, 0.1) is 7.11 Å². The van der Waals surface area contributed by atoms with E-state index in [9.17, 15) is 4.79 Å². The SMILES string of the molecule is CCc1ccc(CNCc2cc(C)c(OCC(=O)OC)c(C)c2)s1. The lowest BCUT2D eigenvalue weighted by molar-refractivity contribution is -0.142. The van der Waals surface area contributed by atoms with Gasteiger partial charge in [0.2, 0.25) is 0 Å². The Labute approximate surface area is 147 Å². The number of benzene rings is 1. The van der Waals surface area contributed by atoms with Crippen molar-refractivity contribution in [2.45, 2.75) is 40.3 Å². The predicted octanol–water partition coefficient (Wildman–Crippen LogP) is 3.77. The summed E-state index contributed by atoms with van der Waals surface area (Å²) in [6.45, 7) is 7.79. The summed E-state index contributed by atoms with van der Waals surface area (Å²) in [6, 6.07) is 8.58.